The number of anilines is 2. The van der Waals surface area contributed by atoms with Crippen molar-refractivity contribution in [3.63, 3.8) is 0 Å². The first-order valence-electron chi connectivity index (χ1n) is 9.77. The molecule has 0 saturated carbocycles. The highest BCUT2D eigenvalue weighted by Crippen LogP contribution is 2.31. The summed E-state index contributed by atoms with van der Waals surface area (Å²) in [4.78, 5) is 25.3. The van der Waals surface area contributed by atoms with Crippen LogP contribution in [0.3, 0.4) is 0 Å². The van der Waals surface area contributed by atoms with Gasteiger partial charge >= 0.3 is 0 Å². The number of nitrogens with one attached hydrogen (secondary N) is 2. The Labute approximate surface area is 176 Å². The van der Waals surface area contributed by atoms with Gasteiger partial charge in [-0.25, -0.2) is 0 Å². The van der Waals surface area contributed by atoms with Crippen molar-refractivity contribution in [3.8, 4) is 5.75 Å². The van der Waals surface area contributed by atoms with Gasteiger partial charge in [-0.15, -0.1) is 0 Å². The lowest BCUT2D eigenvalue weighted by Gasteiger charge is -2.20. The molecular weight excluding hydrogens is 376 g/mol. The molecule has 0 atom stereocenters. The van der Waals surface area contributed by atoms with E-state index in [1.54, 1.807) is 54.6 Å². The van der Waals surface area contributed by atoms with E-state index in [1.807, 2.05) is 19.1 Å². The molecule has 0 heterocycles. The van der Waals surface area contributed by atoms with Crippen LogP contribution in [0, 0.1) is 6.92 Å². The zero-order chi connectivity index (χ0) is 21.9. The van der Waals surface area contributed by atoms with Gasteiger partial charge in [-0.1, -0.05) is 51.1 Å². The highest BCUT2D eigenvalue weighted by atomic mass is 16.3. The number of hydrogen-bond donors (Lipinski definition) is 3. The topological polar surface area (TPSA) is 78.4 Å². The van der Waals surface area contributed by atoms with Crippen LogP contribution in [-0.4, -0.2) is 16.9 Å². The lowest BCUT2D eigenvalue weighted by atomic mass is 9.87. The molecule has 0 aliphatic rings. The van der Waals surface area contributed by atoms with Crippen molar-refractivity contribution in [1.82, 2.24) is 0 Å². The summed E-state index contributed by atoms with van der Waals surface area (Å²) in [6.45, 7) is 8.05. The first-order valence-corrected chi connectivity index (χ1v) is 9.77. The number of phenols is 1. The molecule has 5 heteroatoms. The van der Waals surface area contributed by atoms with Crippen molar-refractivity contribution in [1.29, 1.82) is 0 Å². The van der Waals surface area contributed by atoms with Gasteiger partial charge in [0.15, 0.2) is 0 Å². The lowest BCUT2D eigenvalue weighted by Crippen LogP contribution is -2.16. The molecule has 0 radical (unpaired) electrons. The molecule has 0 aromatic heterocycles. The van der Waals surface area contributed by atoms with Crippen LogP contribution in [0.5, 0.6) is 5.75 Å². The van der Waals surface area contributed by atoms with Gasteiger partial charge in [-0.05, 0) is 59.9 Å². The van der Waals surface area contributed by atoms with Crippen LogP contribution in [0.15, 0.2) is 66.7 Å². The Balaban J connectivity index is 1.82. The SMILES string of the molecule is Cc1ccc(C(=O)Nc2cc(C(C)(C)C)ccc2O)cc1NC(=O)c1ccccc1. The predicted molar refractivity (Wildman–Crippen MR) is 120 cm³/mol. The molecule has 0 aliphatic carbocycles. The maximum atomic E-state index is 12.8. The predicted octanol–water partition coefficient (Wildman–Crippen LogP) is 5.50. The molecule has 0 fully saturated rings. The molecule has 3 N–H and O–H groups in total. The first-order chi connectivity index (χ1) is 14.1. The van der Waals surface area contributed by atoms with Gasteiger partial charge in [0.25, 0.3) is 11.8 Å². The summed E-state index contributed by atoms with van der Waals surface area (Å²) < 4.78 is 0. The molecule has 2 amide bonds. The fourth-order valence-electron chi connectivity index (χ4n) is 2.98. The molecule has 3 rings (SSSR count). The van der Waals surface area contributed by atoms with Crippen molar-refractivity contribution < 1.29 is 14.7 Å². The van der Waals surface area contributed by atoms with E-state index < -0.39 is 0 Å². The van der Waals surface area contributed by atoms with E-state index in [1.165, 1.54) is 0 Å². The van der Waals surface area contributed by atoms with Gasteiger partial charge in [-0.2, -0.15) is 0 Å². The highest BCUT2D eigenvalue weighted by molar-refractivity contribution is 6.08. The van der Waals surface area contributed by atoms with Gasteiger partial charge in [0, 0.05) is 16.8 Å². The number of aryl methyl sites for hydroxylation is 1. The second-order valence-electron chi connectivity index (χ2n) is 8.29. The minimum atomic E-state index is -0.369. The first kappa shape index (κ1) is 21.1. The molecule has 5 nitrogen and oxygen atoms in total. The minimum Gasteiger partial charge on any atom is -0.506 e. The Morgan fingerprint density at radius 2 is 1.40 bits per heavy atom. The van der Waals surface area contributed by atoms with Crippen LogP contribution in [0.2, 0.25) is 0 Å². The Hall–Kier alpha value is -3.60. The van der Waals surface area contributed by atoms with E-state index in [4.69, 9.17) is 0 Å². The van der Waals surface area contributed by atoms with Crippen molar-refractivity contribution >= 4 is 23.2 Å². The van der Waals surface area contributed by atoms with E-state index in [9.17, 15) is 14.7 Å². The van der Waals surface area contributed by atoms with Crippen molar-refractivity contribution in [2.24, 2.45) is 0 Å². The number of amides is 2. The van der Waals surface area contributed by atoms with Gasteiger partial charge in [0.05, 0.1) is 5.69 Å². The molecule has 154 valence electrons. The van der Waals surface area contributed by atoms with Crippen LogP contribution in [0.25, 0.3) is 0 Å². The van der Waals surface area contributed by atoms with Gasteiger partial charge < -0.3 is 15.7 Å². The van der Waals surface area contributed by atoms with Crippen LogP contribution in [0.4, 0.5) is 11.4 Å². The lowest BCUT2D eigenvalue weighted by molar-refractivity contribution is 0.101. The molecule has 0 unspecified atom stereocenters. The van der Waals surface area contributed by atoms with Crippen LogP contribution in [-0.2, 0) is 5.41 Å². The fraction of sp³-hybridized carbons (Fsp3) is 0.200. The van der Waals surface area contributed by atoms with Crippen molar-refractivity contribution in [2.45, 2.75) is 33.1 Å². The van der Waals surface area contributed by atoms with Crippen LogP contribution >= 0.6 is 0 Å². The summed E-state index contributed by atoms with van der Waals surface area (Å²) in [6.07, 6.45) is 0. The van der Waals surface area contributed by atoms with Crippen molar-refractivity contribution in [3.05, 3.63) is 89.0 Å². The maximum absolute atomic E-state index is 12.8. The third kappa shape index (κ3) is 4.87. The van der Waals surface area contributed by atoms with Gasteiger partial charge in [0.2, 0.25) is 0 Å². The molecule has 30 heavy (non-hydrogen) atoms. The number of hydrogen-bond acceptors (Lipinski definition) is 3. The second-order valence-corrected chi connectivity index (χ2v) is 8.29. The van der Waals surface area contributed by atoms with Gasteiger partial charge in [-0.3, -0.25) is 9.59 Å². The number of phenolic OH excluding ortho intramolecular Hbond substituents is 1. The molecule has 3 aromatic rings. The van der Waals surface area contributed by atoms with E-state index >= 15 is 0 Å². The summed E-state index contributed by atoms with van der Waals surface area (Å²) in [5.74, 6) is -0.612. The van der Waals surface area contributed by atoms with E-state index in [-0.39, 0.29) is 23.0 Å². The molecular formula is C25H26N2O3. The highest BCUT2D eigenvalue weighted by Gasteiger charge is 2.17. The van der Waals surface area contributed by atoms with Crippen molar-refractivity contribution in [2.75, 3.05) is 10.6 Å². The molecule has 0 spiro atoms. The Bertz CT molecular complexity index is 1080. The van der Waals surface area contributed by atoms with Crippen LogP contribution < -0.4 is 10.6 Å². The third-order valence-electron chi connectivity index (χ3n) is 4.89. The smallest absolute Gasteiger partial charge is 0.255 e. The second kappa shape index (κ2) is 8.41. The summed E-state index contributed by atoms with van der Waals surface area (Å²) >= 11 is 0. The number of benzene rings is 3. The Kier molecular flexibility index (Phi) is 5.92. The summed E-state index contributed by atoms with van der Waals surface area (Å²) in [6, 6.07) is 19.2. The normalized spacial score (nSPS) is 11.1. The average molecular weight is 402 g/mol. The zero-order valence-corrected chi connectivity index (χ0v) is 17.6. The summed E-state index contributed by atoms with van der Waals surface area (Å²) in [5, 5.41) is 15.8. The van der Waals surface area contributed by atoms with E-state index in [2.05, 4.69) is 31.4 Å². The summed E-state index contributed by atoms with van der Waals surface area (Å²) in [5.41, 5.74) is 3.54. The number of aromatic hydroxyl groups is 1. The molecule has 3 aromatic carbocycles. The Morgan fingerprint density at radius 1 is 0.767 bits per heavy atom. The number of carbonyl (C=O) groups is 2. The number of rotatable bonds is 4. The monoisotopic (exact) mass is 402 g/mol. The maximum Gasteiger partial charge on any atom is 0.255 e. The zero-order valence-electron chi connectivity index (χ0n) is 17.6. The molecule has 0 bridgehead atoms. The largest absolute Gasteiger partial charge is 0.506 e. The summed E-state index contributed by atoms with van der Waals surface area (Å²) in [7, 11) is 0. The molecule has 0 aliphatic heterocycles. The average Bonchev–Trinajstić information content (AvgIpc) is 2.71. The van der Waals surface area contributed by atoms with E-state index in [0.29, 0.717) is 22.5 Å². The Morgan fingerprint density at radius 3 is 2.07 bits per heavy atom. The standard InChI is InChI=1S/C25H26N2O3/c1-16-10-11-18(14-20(16)26-23(29)17-8-6-5-7-9-17)24(30)27-21-15-19(25(2,3)4)12-13-22(21)28/h5-15,28H,1-4H3,(H,26,29)(H,27,30). The van der Waals surface area contributed by atoms with Crippen LogP contribution in [0.1, 0.15) is 52.6 Å². The minimum absolute atomic E-state index is 0.000987. The van der Waals surface area contributed by atoms with E-state index in [0.717, 1.165) is 11.1 Å². The quantitative estimate of drug-likeness (QED) is 0.504. The molecule has 0 saturated heterocycles. The third-order valence-corrected chi connectivity index (χ3v) is 4.89. The fourth-order valence-corrected chi connectivity index (χ4v) is 2.98. The van der Waals surface area contributed by atoms with Gasteiger partial charge in [0.1, 0.15) is 5.75 Å². The number of carbonyl (C=O) groups excluding carboxylic acids is 2.